The molecule has 0 saturated carbocycles. The third-order valence-corrected chi connectivity index (χ3v) is 3.71. The highest BCUT2D eigenvalue weighted by molar-refractivity contribution is 5.72. The SMILES string of the molecule is CCOC(=O)C(C)CN(C)C(C)Cc1ccccc1OC. The van der Waals surface area contributed by atoms with Gasteiger partial charge < -0.3 is 14.4 Å². The van der Waals surface area contributed by atoms with E-state index in [1.54, 1.807) is 7.11 Å². The van der Waals surface area contributed by atoms with E-state index >= 15 is 0 Å². The van der Waals surface area contributed by atoms with Crippen molar-refractivity contribution in [2.45, 2.75) is 33.2 Å². The van der Waals surface area contributed by atoms with Crippen LogP contribution in [0.25, 0.3) is 0 Å². The van der Waals surface area contributed by atoms with Crippen LogP contribution in [0.1, 0.15) is 26.3 Å². The molecule has 2 unspecified atom stereocenters. The highest BCUT2D eigenvalue weighted by atomic mass is 16.5. The van der Waals surface area contributed by atoms with Crippen LogP contribution < -0.4 is 4.74 Å². The first-order valence-corrected chi connectivity index (χ1v) is 7.48. The van der Waals surface area contributed by atoms with E-state index in [0.29, 0.717) is 19.2 Å². The van der Waals surface area contributed by atoms with Crippen LogP contribution in [-0.2, 0) is 16.0 Å². The Labute approximate surface area is 128 Å². The fourth-order valence-electron chi connectivity index (χ4n) is 2.32. The molecule has 4 heteroatoms. The van der Waals surface area contributed by atoms with Gasteiger partial charge >= 0.3 is 5.97 Å². The summed E-state index contributed by atoms with van der Waals surface area (Å²) in [7, 11) is 3.73. The van der Waals surface area contributed by atoms with Crippen molar-refractivity contribution >= 4 is 5.97 Å². The second-order valence-corrected chi connectivity index (χ2v) is 5.46. The van der Waals surface area contributed by atoms with Gasteiger partial charge in [0.25, 0.3) is 0 Å². The summed E-state index contributed by atoms with van der Waals surface area (Å²) in [6, 6.07) is 8.37. The standard InChI is InChI=1S/C17H27NO3/c1-6-21-17(19)13(2)12-18(4)14(3)11-15-9-7-8-10-16(15)20-5/h7-10,13-14H,6,11-12H2,1-5H3. The van der Waals surface area contributed by atoms with Crippen molar-refractivity contribution in [1.29, 1.82) is 0 Å². The van der Waals surface area contributed by atoms with Gasteiger partial charge in [-0.15, -0.1) is 0 Å². The molecule has 0 spiro atoms. The fraction of sp³-hybridized carbons (Fsp3) is 0.588. The summed E-state index contributed by atoms with van der Waals surface area (Å²) in [6.07, 6.45) is 0.885. The lowest BCUT2D eigenvalue weighted by Gasteiger charge is -2.27. The molecular weight excluding hydrogens is 266 g/mol. The van der Waals surface area contributed by atoms with Crippen molar-refractivity contribution in [2.24, 2.45) is 5.92 Å². The summed E-state index contributed by atoms with van der Waals surface area (Å²) < 4.78 is 10.4. The van der Waals surface area contributed by atoms with Gasteiger partial charge in [0.05, 0.1) is 19.6 Å². The summed E-state index contributed by atoms with van der Waals surface area (Å²) in [4.78, 5) is 13.9. The average Bonchev–Trinajstić information content (AvgIpc) is 2.47. The molecule has 0 amide bonds. The maximum Gasteiger partial charge on any atom is 0.309 e. The molecular formula is C17H27NO3. The minimum absolute atomic E-state index is 0.116. The van der Waals surface area contributed by atoms with Crippen molar-refractivity contribution in [1.82, 2.24) is 4.90 Å². The molecule has 0 fully saturated rings. The number of benzene rings is 1. The zero-order valence-electron chi connectivity index (χ0n) is 13.8. The van der Waals surface area contributed by atoms with Crippen molar-refractivity contribution in [3.05, 3.63) is 29.8 Å². The second-order valence-electron chi connectivity index (χ2n) is 5.46. The van der Waals surface area contributed by atoms with Gasteiger partial charge in [-0.2, -0.15) is 0 Å². The van der Waals surface area contributed by atoms with Gasteiger partial charge in [0, 0.05) is 12.6 Å². The molecule has 0 radical (unpaired) electrons. The van der Waals surface area contributed by atoms with Crippen LogP contribution in [-0.4, -0.2) is 44.2 Å². The normalized spacial score (nSPS) is 13.8. The Morgan fingerprint density at radius 1 is 1.29 bits per heavy atom. The van der Waals surface area contributed by atoms with E-state index in [1.807, 2.05) is 39.1 Å². The maximum atomic E-state index is 11.7. The van der Waals surface area contributed by atoms with Gasteiger partial charge in [-0.25, -0.2) is 0 Å². The first-order chi connectivity index (χ1) is 9.99. The molecule has 0 heterocycles. The Hall–Kier alpha value is -1.55. The molecule has 0 saturated heterocycles. The Kier molecular flexibility index (Phi) is 7.23. The van der Waals surface area contributed by atoms with Crippen molar-refractivity contribution in [3.63, 3.8) is 0 Å². The van der Waals surface area contributed by atoms with Crippen LogP contribution in [0, 0.1) is 5.92 Å². The van der Waals surface area contributed by atoms with Gasteiger partial charge in [0.1, 0.15) is 5.75 Å². The Morgan fingerprint density at radius 3 is 2.57 bits per heavy atom. The number of likely N-dealkylation sites (N-methyl/N-ethyl adjacent to an activating group) is 1. The largest absolute Gasteiger partial charge is 0.496 e. The fourth-order valence-corrected chi connectivity index (χ4v) is 2.32. The van der Waals surface area contributed by atoms with E-state index in [9.17, 15) is 4.79 Å². The highest BCUT2D eigenvalue weighted by Gasteiger charge is 2.20. The number of para-hydroxylation sites is 1. The third-order valence-electron chi connectivity index (χ3n) is 3.71. The summed E-state index contributed by atoms with van der Waals surface area (Å²) in [5.41, 5.74) is 1.18. The van der Waals surface area contributed by atoms with Crippen molar-refractivity contribution < 1.29 is 14.3 Å². The molecule has 0 N–H and O–H groups in total. The number of rotatable bonds is 8. The van der Waals surface area contributed by atoms with Gasteiger partial charge in [0.2, 0.25) is 0 Å². The molecule has 0 aromatic heterocycles. The third kappa shape index (κ3) is 5.38. The van der Waals surface area contributed by atoms with E-state index in [0.717, 1.165) is 12.2 Å². The monoisotopic (exact) mass is 293 g/mol. The number of hydrogen-bond donors (Lipinski definition) is 0. The Balaban J connectivity index is 2.58. The van der Waals surface area contributed by atoms with Crippen LogP contribution in [0.15, 0.2) is 24.3 Å². The molecule has 118 valence electrons. The summed E-state index contributed by atoms with van der Waals surface area (Å²) in [6.45, 7) is 7.02. The zero-order chi connectivity index (χ0) is 15.8. The first kappa shape index (κ1) is 17.5. The average molecular weight is 293 g/mol. The molecule has 0 aliphatic heterocycles. The lowest BCUT2D eigenvalue weighted by molar-refractivity contribution is -0.148. The quantitative estimate of drug-likeness (QED) is 0.691. The van der Waals surface area contributed by atoms with Crippen molar-refractivity contribution in [2.75, 3.05) is 27.3 Å². The molecule has 0 aliphatic carbocycles. The molecule has 0 aliphatic rings. The number of ether oxygens (including phenoxy) is 2. The molecule has 4 nitrogen and oxygen atoms in total. The van der Waals surface area contributed by atoms with Crippen molar-refractivity contribution in [3.8, 4) is 5.75 Å². The molecule has 0 bridgehead atoms. The number of carbonyl (C=O) groups excluding carboxylic acids is 1. The Bertz CT molecular complexity index is 447. The first-order valence-electron chi connectivity index (χ1n) is 7.48. The van der Waals surface area contributed by atoms with E-state index in [-0.39, 0.29) is 11.9 Å². The van der Waals surface area contributed by atoms with Crippen LogP contribution in [0.5, 0.6) is 5.75 Å². The lowest BCUT2D eigenvalue weighted by atomic mass is 10.0. The predicted octanol–water partition coefficient (Wildman–Crippen LogP) is 2.76. The molecule has 2 atom stereocenters. The number of carbonyl (C=O) groups is 1. The summed E-state index contributed by atoms with van der Waals surface area (Å²) in [5.74, 6) is 0.667. The minimum Gasteiger partial charge on any atom is -0.496 e. The molecule has 1 aromatic carbocycles. The van der Waals surface area contributed by atoms with Gasteiger partial charge in [-0.05, 0) is 38.9 Å². The van der Waals surface area contributed by atoms with E-state index in [1.165, 1.54) is 5.56 Å². The maximum absolute atomic E-state index is 11.7. The van der Waals surface area contributed by atoms with E-state index in [4.69, 9.17) is 9.47 Å². The van der Waals surface area contributed by atoms with E-state index < -0.39 is 0 Å². The lowest BCUT2D eigenvalue weighted by Crippen LogP contribution is -2.37. The van der Waals surface area contributed by atoms with Crippen LogP contribution in [0.4, 0.5) is 0 Å². The topological polar surface area (TPSA) is 38.8 Å². The van der Waals surface area contributed by atoms with Crippen LogP contribution in [0.2, 0.25) is 0 Å². The van der Waals surface area contributed by atoms with Crippen LogP contribution in [0.3, 0.4) is 0 Å². The smallest absolute Gasteiger partial charge is 0.309 e. The minimum atomic E-state index is -0.131. The zero-order valence-corrected chi connectivity index (χ0v) is 13.8. The van der Waals surface area contributed by atoms with Gasteiger partial charge in [-0.1, -0.05) is 25.1 Å². The van der Waals surface area contributed by atoms with Crippen LogP contribution >= 0.6 is 0 Å². The van der Waals surface area contributed by atoms with Gasteiger partial charge in [0.15, 0.2) is 0 Å². The highest BCUT2D eigenvalue weighted by Crippen LogP contribution is 2.20. The Morgan fingerprint density at radius 2 is 1.95 bits per heavy atom. The van der Waals surface area contributed by atoms with E-state index in [2.05, 4.69) is 17.9 Å². The summed E-state index contributed by atoms with van der Waals surface area (Å²) in [5, 5.41) is 0. The number of methoxy groups -OCH3 is 1. The molecule has 1 aromatic rings. The summed E-state index contributed by atoms with van der Waals surface area (Å²) >= 11 is 0. The predicted molar refractivity (Wildman–Crippen MR) is 84.6 cm³/mol. The number of hydrogen-bond acceptors (Lipinski definition) is 4. The number of esters is 1. The molecule has 1 rings (SSSR count). The number of nitrogens with zero attached hydrogens (tertiary/aromatic N) is 1. The second kappa shape index (κ2) is 8.67. The molecule has 21 heavy (non-hydrogen) atoms. The van der Waals surface area contributed by atoms with Gasteiger partial charge in [-0.3, -0.25) is 4.79 Å².